The predicted molar refractivity (Wildman–Crippen MR) is 93.8 cm³/mol. The van der Waals surface area contributed by atoms with Crippen molar-refractivity contribution in [3.05, 3.63) is 62.5 Å². The number of nitro benzene ring substituents is 1. The highest BCUT2D eigenvalue weighted by Crippen LogP contribution is 2.44. The molecule has 1 aliphatic heterocycles. The maximum atomic E-state index is 12.6. The van der Waals surface area contributed by atoms with E-state index < -0.39 is 4.92 Å². The summed E-state index contributed by atoms with van der Waals surface area (Å²) >= 11 is 0. The van der Waals surface area contributed by atoms with Crippen molar-refractivity contribution in [2.75, 3.05) is 6.61 Å². The van der Waals surface area contributed by atoms with Crippen molar-refractivity contribution in [1.29, 1.82) is 0 Å². The molecule has 1 aliphatic carbocycles. The van der Waals surface area contributed by atoms with Crippen molar-refractivity contribution in [2.24, 2.45) is 0 Å². The molecule has 0 spiro atoms. The van der Waals surface area contributed by atoms with Crippen molar-refractivity contribution in [3.8, 4) is 0 Å². The van der Waals surface area contributed by atoms with Crippen LogP contribution in [0.1, 0.15) is 51.0 Å². The maximum Gasteiger partial charge on any atom is 0.336 e. The second-order valence-corrected chi connectivity index (χ2v) is 6.38. The summed E-state index contributed by atoms with van der Waals surface area (Å²) in [6.07, 6.45) is 3.98. The summed E-state index contributed by atoms with van der Waals surface area (Å²) in [5, 5.41) is 14.5. The number of dihydropyridines is 1. The van der Waals surface area contributed by atoms with E-state index in [2.05, 4.69) is 5.32 Å². The molecule has 0 saturated heterocycles. The van der Waals surface area contributed by atoms with Gasteiger partial charge in [0.05, 0.1) is 17.1 Å². The zero-order valence-electron chi connectivity index (χ0n) is 14.5. The Kier molecular flexibility index (Phi) is 4.88. The van der Waals surface area contributed by atoms with Crippen LogP contribution in [0.15, 0.2) is 46.8 Å². The van der Waals surface area contributed by atoms with Crippen molar-refractivity contribution in [2.45, 2.75) is 45.4 Å². The fourth-order valence-corrected chi connectivity index (χ4v) is 3.74. The molecule has 0 aromatic heterocycles. The molecule has 1 unspecified atom stereocenters. The van der Waals surface area contributed by atoms with Gasteiger partial charge in [-0.25, -0.2) is 4.79 Å². The van der Waals surface area contributed by atoms with Gasteiger partial charge >= 0.3 is 5.97 Å². The van der Waals surface area contributed by atoms with Crippen molar-refractivity contribution >= 4 is 11.7 Å². The number of ether oxygens (including phenoxy) is 1. The lowest BCUT2D eigenvalue weighted by Gasteiger charge is -2.35. The summed E-state index contributed by atoms with van der Waals surface area (Å²) in [4.78, 5) is 23.4. The number of hydrogen-bond acceptors (Lipinski definition) is 5. The third-order valence-corrected chi connectivity index (χ3v) is 4.80. The first-order chi connectivity index (χ1) is 12.0. The van der Waals surface area contributed by atoms with Crippen LogP contribution >= 0.6 is 0 Å². The molecule has 1 heterocycles. The summed E-state index contributed by atoms with van der Waals surface area (Å²) in [5.74, 6) is -0.642. The number of non-ortho nitro benzene ring substituents is 1. The standard InChI is InChI=1S/C19H22N2O4/c1-3-25-19(22)17-12(2)20-16-10-5-4-9-15(16)18(17)13-7-6-8-14(11-13)21(23)24/h6-8,11,18,20H,3-5,9-10H2,1-2H3. The van der Waals surface area contributed by atoms with Gasteiger partial charge in [0, 0.05) is 29.4 Å². The van der Waals surface area contributed by atoms with Crippen LogP contribution in [0.5, 0.6) is 0 Å². The molecule has 0 saturated carbocycles. The summed E-state index contributed by atoms with van der Waals surface area (Å²) < 4.78 is 5.27. The number of esters is 1. The lowest BCUT2D eigenvalue weighted by atomic mass is 9.76. The smallest absolute Gasteiger partial charge is 0.336 e. The summed E-state index contributed by atoms with van der Waals surface area (Å²) in [5.41, 5.74) is 4.44. The van der Waals surface area contributed by atoms with Gasteiger partial charge in [0.15, 0.2) is 0 Å². The minimum absolute atomic E-state index is 0.0369. The first-order valence-electron chi connectivity index (χ1n) is 8.64. The van der Waals surface area contributed by atoms with Crippen LogP contribution in [-0.2, 0) is 9.53 Å². The monoisotopic (exact) mass is 342 g/mol. The van der Waals surface area contributed by atoms with Gasteiger partial charge < -0.3 is 10.1 Å². The topological polar surface area (TPSA) is 81.5 Å². The molecule has 1 aromatic carbocycles. The number of carbonyl (C=O) groups excluding carboxylic acids is 1. The number of nitro groups is 1. The van der Waals surface area contributed by atoms with Gasteiger partial charge in [0.1, 0.15) is 0 Å². The van der Waals surface area contributed by atoms with E-state index in [4.69, 9.17) is 4.74 Å². The minimum atomic E-state index is -0.401. The predicted octanol–water partition coefficient (Wildman–Crippen LogP) is 3.95. The molecule has 25 heavy (non-hydrogen) atoms. The average Bonchev–Trinajstić information content (AvgIpc) is 2.60. The van der Waals surface area contributed by atoms with Crippen LogP contribution < -0.4 is 5.32 Å². The highest BCUT2D eigenvalue weighted by Gasteiger charge is 2.35. The fourth-order valence-electron chi connectivity index (χ4n) is 3.74. The van der Waals surface area contributed by atoms with Gasteiger partial charge in [-0.05, 0) is 50.7 Å². The van der Waals surface area contributed by atoms with E-state index in [1.807, 2.05) is 13.0 Å². The highest BCUT2D eigenvalue weighted by molar-refractivity contribution is 5.92. The van der Waals surface area contributed by atoms with Gasteiger partial charge in [-0.2, -0.15) is 0 Å². The van der Waals surface area contributed by atoms with E-state index >= 15 is 0 Å². The van der Waals surface area contributed by atoms with E-state index in [1.54, 1.807) is 19.1 Å². The minimum Gasteiger partial charge on any atom is -0.463 e. The van der Waals surface area contributed by atoms with E-state index in [0.717, 1.165) is 48.2 Å². The molecule has 0 amide bonds. The number of carbonyl (C=O) groups is 1. The van der Waals surface area contributed by atoms with E-state index in [1.165, 1.54) is 6.07 Å². The van der Waals surface area contributed by atoms with Crippen LogP contribution in [0.4, 0.5) is 5.69 Å². The number of hydrogen-bond donors (Lipinski definition) is 1. The van der Waals surface area contributed by atoms with Gasteiger partial charge in [0.25, 0.3) is 5.69 Å². The van der Waals surface area contributed by atoms with Gasteiger partial charge in [-0.1, -0.05) is 12.1 Å². The van der Waals surface area contributed by atoms with Crippen LogP contribution in [0.2, 0.25) is 0 Å². The van der Waals surface area contributed by atoms with Gasteiger partial charge in [-0.3, -0.25) is 10.1 Å². The maximum absolute atomic E-state index is 12.6. The number of nitrogens with zero attached hydrogens (tertiary/aromatic N) is 1. The quantitative estimate of drug-likeness (QED) is 0.509. The second-order valence-electron chi connectivity index (χ2n) is 6.38. The molecule has 132 valence electrons. The Morgan fingerprint density at radius 1 is 1.36 bits per heavy atom. The number of allylic oxidation sites excluding steroid dienone is 3. The lowest BCUT2D eigenvalue weighted by Crippen LogP contribution is -2.31. The molecule has 6 nitrogen and oxygen atoms in total. The number of benzene rings is 1. The van der Waals surface area contributed by atoms with E-state index in [9.17, 15) is 14.9 Å². The summed E-state index contributed by atoms with van der Waals surface area (Å²) in [6.45, 7) is 3.94. The average molecular weight is 342 g/mol. The first kappa shape index (κ1) is 17.2. The van der Waals surface area contributed by atoms with Gasteiger partial charge in [0.2, 0.25) is 0 Å². The zero-order chi connectivity index (χ0) is 18.0. The van der Waals surface area contributed by atoms with E-state index in [-0.39, 0.29) is 17.6 Å². The third-order valence-electron chi connectivity index (χ3n) is 4.80. The number of rotatable bonds is 4. The van der Waals surface area contributed by atoms with Crippen LogP contribution in [0.3, 0.4) is 0 Å². The highest BCUT2D eigenvalue weighted by atomic mass is 16.6. The zero-order valence-corrected chi connectivity index (χ0v) is 14.5. The molecule has 2 aliphatic rings. The summed E-state index contributed by atoms with van der Waals surface area (Å²) in [6, 6.07) is 6.58. The summed E-state index contributed by atoms with van der Waals surface area (Å²) in [7, 11) is 0. The molecular formula is C19H22N2O4. The Morgan fingerprint density at radius 3 is 2.84 bits per heavy atom. The Hall–Kier alpha value is -2.63. The van der Waals surface area contributed by atoms with Crippen molar-refractivity contribution in [1.82, 2.24) is 5.32 Å². The Morgan fingerprint density at radius 2 is 2.12 bits per heavy atom. The van der Waals surface area contributed by atoms with Crippen molar-refractivity contribution in [3.63, 3.8) is 0 Å². The van der Waals surface area contributed by atoms with Crippen LogP contribution in [0, 0.1) is 10.1 Å². The van der Waals surface area contributed by atoms with Gasteiger partial charge in [-0.15, -0.1) is 0 Å². The third kappa shape index (κ3) is 3.29. The molecular weight excluding hydrogens is 320 g/mol. The largest absolute Gasteiger partial charge is 0.463 e. The first-order valence-corrected chi connectivity index (χ1v) is 8.64. The van der Waals surface area contributed by atoms with Crippen molar-refractivity contribution < 1.29 is 14.5 Å². The number of nitrogens with one attached hydrogen (secondary N) is 1. The molecule has 0 radical (unpaired) electrons. The molecule has 0 fully saturated rings. The molecule has 6 heteroatoms. The molecule has 0 bridgehead atoms. The van der Waals surface area contributed by atoms with E-state index in [0.29, 0.717) is 12.2 Å². The lowest BCUT2D eigenvalue weighted by molar-refractivity contribution is -0.384. The fraction of sp³-hybridized carbons (Fsp3) is 0.421. The molecule has 1 atom stereocenters. The Bertz CT molecular complexity index is 779. The normalized spacial score (nSPS) is 20.0. The van der Waals surface area contributed by atoms with Crippen LogP contribution in [-0.4, -0.2) is 17.5 Å². The van der Waals surface area contributed by atoms with Crippen LogP contribution in [0.25, 0.3) is 0 Å². The molecule has 1 N–H and O–H groups in total. The molecule has 3 rings (SSSR count). The Labute approximate surface area is 146 Å². The molecule has 1 aromatic rings. The SMILES string of the molecule is CCOC(=O)C1=C(C)NC2=C(CCCC2)C1c1cccc([N+](=O)[O-])c1. The Balaban J connectivity index is 2.13. The second kappa shape index (κ2) is 7.09.